The molecule has 1 saturated heterocycles. The first-order valence-corrected chi connectivity index (χ1v) is 8.63. The number of carbonyl (C=O) groups is 1. The van der Waals surface area contributed by atoms with Crippen LogP contribution >= 0.6 is 11.6 Å². The molecule has 2 aromatic carbocycles. The van der Waals surface area contributed by atoms with Gasteiger partial charge in [0.25, 0.3) is 5.91 Å². The topological polar surface area (TPSA) is 32.8 Å². The van der Waals surface area contributed by atoms with Crippen LogP contribution in [0.1, 0.15) is 6.92 Å². The number of amides is 1. The summed E-state index contributed by atoms with van der Waals surface area (Å²) in [7, 11) is 0. The third-order valence-electron chi connectivity index (χ3n) is 4.26. The van der Waals surface area contributed by atoms with Gasteiger partial charge in [-0.15, -0.1) is 0 Å². The first-order valence-electron chi connectivity index (χ1n) is 8.25. The molecule has 1 atom stereocenters. The molecule has 3 rings (SSSR count). The van der Waals surface area contributed by atoms with E-state index < -0.39 is 6.10 Å². The fraction of sp³-hybridized carbons (Fsp3) is 0.316. The van der Waals surface area contributed by atoms with Crippen molar-refractivity contribution in [3.8, 4) is 5.75 Å². The fourth-order valence-electron chi connectivity index (χ4n) is 2.90. The van der Waals surface area contributed by atoms with Gasteiger partial charge < -0.3 is 14.5 Å². The van der Waals surface area contributed by atoms with Gasteiger partial charge in [0.05, 0.1) is 5.69 Å². The van der Waals surface area contributed by atoms with Crippen molar-refractivity contribution >= 4 is 23.2 Å². The predicted octanol–water partition coefficient (Wildman–Crippen LogP) is 3.60. The summed E-state index contributed by atoms with van der Waals surface area (Å²) >= 11 is 5.85. The Balaban J connectivity index is 1.56. The third-order valence-corrected chi connectivity index (χ3v) is 4.51. The molecule has 0 N–H and O–H groups in total. The molecule has 0 aliphatic carbocycles. The maximum atomic E-state index is 13.9. The predicted molar refractivity (Wildman–Crippen MR) is 96.7 cm³/mol. The zero-order chi connectivity index (χ0) is 17.8. The molecule has 2 aromatic rings. The number of benzene rings is 2. The maximum absolute atomic E-state index is 13.9. The van der Waals surface area contributed by atoms with Crippen LogP contribution in [-0.4, -0.2) is 43.1 Å². The molecular weight excluding hydrogens is 343 g/mol. The molecule has 25 heavy (non-hydrogen) atoms. The van der Waals surface area contributed by atoms with Crippen molar-refractivity contribution < 1.29 is 13.9 Å². The number of piperazine rings is 1. The first-order chi connectivity index (χ1) is 12.0. The molecule has 1 amide bonds. The highest BCUT2D eigenvalue weighted by atomic mass is 35.5. The minimum Gasteiger partial charge on any atom is -0.481 e. The highest BCUT2D eigenvalue weighted by Gasteiger charge is 2.26. The van der Waals surface area contributed by atoms with Crippen molar-refractivity contribution in [2.24, 2.45) is 0 Å². The molecule has 132 valence electrons. The van der Waals surface area contributed by atoms with Crippen LogP contribution in [0.25, 0.3) is 0 Å². The van der Waals surface area contributed by atoms with Crippen molar-refractivity contribution in [3.63, 3.8) is 0 Å². The van der Waals surface area contributed by atoms with Gasteiger partial charge in [-0.05, 0) is 43.3 Å². The molecule has 0 aromatic heterocycles. The van der Waals surface area contributed by atoms with Crippen LogP contribution in [0.3, 0.4) is 0 Å². The normalized spacial score (nSPS) is 15.8. The Morgan fingerprint density at radius 2 is 1.72 bits per heavy atom. The summed E-state index contributed by atoms with van der Waals surface area (Å²) in [5.74, 6) is 0.306. The molecule has 0 saturated carbocycles. The number of ether oxygens (including phenoxy) is 1. The highest BCUT2D eigenvalue weighted by Crippen LogP contribution is 2.21. The minimum atomic E-state index is -0.582. The van der Waals surface area contributed by atoms with Crippen LogP contribution in [-0.2, 0) is 4.79 Å². The second-order valence-corrected chi connectivity index (χ2v) is 6.41. The summed E-state index contributed by atoms with van der Waals surface area (Å²) in [5, 5.41) is 0.621. The molecule has 4 nitrogen and oxygen atoms in total. The smallest absolute Gasteiger partial charge is 0.263 e. The molecular formula is C19H20ClFN2O2. The average Bonchev–Trinajstić information content (AvgIpc) is 2.63. The van der Waals surface area contributed by atoms with Crippen LogP contribution in [0.2, 0.25) is 5.02 Å². The molecule has 6 heteroatoms. The van der Waals surface area contributed by atoms with Crippen molar-refractivity contribution in [2.45, 2.75) is 13.0 Å². The van der Waals surface area contributed by atoms with E-state index >= 15 is 0 Å². The maximum Gasteiger partial charge on any atom is 0.263 e. The molecule has 0 bridgehead atoms. The van der Waals surface area contributed by atoms with E-state index in [2.05, 4.69) is 0 Å². The van der Waals surface area contributed by atoms with E-state index in [1.54, 1.807) is 48.2 Å². The molecule has 1 fully saturated rings. The lowest BCUT2D eigenvalue weighted by atomic mass is 10.2. The second-order valence-electron chi connectivity index (χ2n) is 5.98. The van der Waals surface area contributed by atoms with Gasteiger partial charge in [-0.25, -0.2) is 4.39 Å². The monoisotopic (exact) mass is 362 g/mol. The Morgan fingerprint density at radius 3 is 2.36 bits per heavy atom. The fourth-order valence-corrected chi connectivity index (χ4v) is 3.03. The lowest BCUT2D eigenvalue weighted by Crippen LogP contribution is -2.52. The summed E-state index contributed by atoms with van der Waals surface area (Å²) in [6.45, 7) is 4.02. The van der Waals surface area contributed by atoms with E-state index in [9.17, 15) is 9.18 Å². The lowest BCUT2D eigenvalue weighted by Gasteiger charge is -2.37. The van der Waals surface area contributed by atoms with Gasteiger partial charge >= 0.3 is 0 Å². The van der Waals surface area contributed by atoms with E-state index in [0.717, 1.165) is 0 Å². The van der Waals surface area contributed by atoms with Gasteiger partial charge in [0.1, 0.15) is 11.6 Å². The van der Waals surface area contributed by atoms with E-state index in [1.165, 1.54) is 6.07 Å². The van der Waals surface area contributed by atoms with Gasteiger partial charge in [0.15, 0.2) is 6.10 Å². The summed E-state index contributed by atoms with van der Waals surface area (Å²) in [5.41, 5.74) is 0.583. The van der Waals surface area contributed by atoms with Crippen LogP contribution in [0, 0.1) is 5.82 Å². The molecule has 1 heterocycles. The van der Waals surface area contributed by atoms with Crippen molar-refractivity contribution in [2.75, 3.05) is 31.1 Å². The van der Waals surface area contributed by atoms with E-state index in [4.69, 9.17) is 16.3 Å². The second kappa shape index (κ2) is 7.74. The number of carbonyl (C=O) groups excluding carboxylic acids is 1. The van der Waals surface area contributed by atoms with Crippen molar-refractivity contribution in [1.82, 2.24) is 4.90 Å². The average molecular weight is 363 g/mol. The quantitative estimate of drug-likeness (QED) is 0.833. The summed E-state index contributed by atoms with van der Waals surface area (Å²) in [6.07, 6.45) is -0.582. The summed E-state index contributed by atoms with van der Waals surface area (Å²) in [6, 6.07) is 13.6. The zero-order valence-electron chi connectivity index (χ0n) is 14.0. The summed E-state index contributed by atoms with van der Waals surface area (Å²) in [4.78, 5) is 16.3. The molecule has 0 spiro atoms. The Bertz CT molecular complexity index is 730. The van der Waals surface area contributed by atoms with Crippen molar-refractivity contribution in [3.05, 3.63) is 59.4 Å². The SMILES string of the molecule is C[C@H](Oc1ccc(Cl)cc1)C(=O)N1CCN(c2ccccc2F)CC1. The van der Waals surface area contributed by atoms with Crippen molar-refractivity contribution in [1.29, 1.82) is 0 Å². The van der Waals surface area contributed by atoms with Crippen LogP contribution < -0.4 is 9.64 Å². The summed E-state index contributed by atoms with van der Waals surface area (Å²) < 4.78 is 19.6. The lowest BCUT2D eigenvalue weighted by molar-refractivity contribution is -0.138. The number of anilines is 1. The number of para-hydroxylation sites is 1. The number of rotatable bonds is 4. The number of hydrogen-bond acceptors (Lipinski definition) is 3. The van der Waals surface area contributed by atoms with E-state index in [1.807, 2.05) is 11.0 Å². The van der Waals surface area contributed by atoms with Crippen LogP contribution in [0.15, 0.2) is 48.5 Å². The number of halogens is 2. The largest absolute Gasteiger partial charge is 0.481 e. The van der Waals surface area contributed by atoms with Gasteiger partial charge in [-0.2, -0.15) is 0 Å². The van der Waals surface area contributed by atoms with Gasteiger partial charge in [0, 0.05) is 31.2 Å². The standard InChI is InChI=1S/C19H20ClFN2O2/c1-14(25-16-8-6-15(20)7-9-16)19(24)23-12-10-22(11-13-23)18-5-3-2-4-17(18)21/h2-9,14H,10-13H2,1H3/t14-/m0/s1. The first kappa shape index (κ1) is 17.5. The van der Waals surface area contributed by atoms with Crippen LogP contribution in [0.5, 0.6) is 5.75 Å². The number of nitrogens with zero attached hydrogens (tertiary/aromatic N) is 2. The Labute approximate surface area is 151 Å². The van der Waals surface area contributed by atoms with Gasteiger partial charge in [-0.3, -0.25) is 4.79 Å². The number of hydrogen-bond donors (Lipinski definition) is 0. The van der Waals surface area contributed by atoms with E-state index in [0.29, 0.717) is 42.6 Å². The molecule has 1 aliphatic rings. The Hall–Kier alpha value is -2.27. The van der Waals surface area contributed by atoms with Crippen LogP contribution in [0.4, 0.5) is 10.1 Å². The highest BCUT2D eigenvalue weighted by molar-refractivity contribution is 6.30. The zero-order valence-corrected chi connectivity index (χ0v) is 14.7. The third kappa shape index (κ3) is 4.23. The van der Waals surface area contributed by atoms with Gasteiger partial charge in [0.2, 0.25) is 0 Å². The molecule has 0 radical (unpaired) electrons. The Kier molecular flexibility index (Phi) is 5.43. The van der Waals surface area contributed by atoms with E-state index in [-0.39, 0.29) is 11.7 Å². The Morgan fingerprint density at radius 1 is 1.08 bits per heavy atom. The minimum absolute atomic E-state index is 0.0665. The molecule has 1 aliphatic heterocycles. The molecule has 0 unspecified atom stereocenters. The van der Waals surface area contributed by atoms with Gasteiger partial charge in [-0.1, -0.05) is 23.7 Å².